The van der Waals surface area contributed by atoms with E-state index in [-0.39, 0.29) is 23.6 Å². The zero-order valence-corrected chi connectivity index (χ0v) is 15.5. The van der Waals surface area contributed by atoms with Crippen LogP contribution in [0, 0.1) is 0 Å². The second-order valence-electron chi connectivity index (χ2n) is 6.87. The number of aromatic hydroxyl groups is 1. The van der Waals surface area contributed by atoms with Crippen molar-refractivity contribution < 1.29 is 9.90 Å². The fourth-order valence-electron chi connectivity index (χ4n) is 3.23. The number of carbonyl (C=O) groups excluding carboxylic acids is 1. The summed E-state index contributed by atoms with van der Waals surface area (Å²) in [4.78, 5) is 13.1. The topological polar surface area (TPSA) is 49.3 Å². The van der Waals surface area contributed by atoms with Crippen LogP contribution in [0.5, 0.6) is 5.75 Å². The van der Waals surface area contributed by atoms with Crippen LogP contribution >= 0.6 is 0 Å². The highest BCUT2D eigenvalue weighted by Crippen LogP contribution is 2.25. The van der Waals surface area contributed by atoms with Gasteiger partial charge in [0, 0.05) is 6.04 Å². The molecule has 1 unspecified atom stereocenters. The molecule has 1 amide bonds. The van der Waals surface area contributed by atoms with Crippen molar-refractivity contribution >= 4 is 5.91 Å². The van der Waals surface area contributed by atoms with E-state index >= 15 is 0 Å². The van der Waals surface area contributed by atoms with Gasteiger partial charge >= 0.3 is 0 Å². The molecule has 0 aliphatic rings. The zero-order chi connectivity index (χ0) is 19.1. The van der Waals surface area contributed by atoms with E-state index < -0.39 is 0 Å². The number of benzene rings is 3. The third kappa shape index (κ3) is 5.20. The van der Waals surface area contributed by atoms with Gasteiger partial charge in [0.1, 0.15) is 5.75 Å². The summed E-state index contributed by atoms with van der Waals surface area (Å²) in [5, 5.41) is 12.5. The molecule has 3 heteroatoms. The summed E-state index contributed by atoms with van der Waals surface area (Å²) >= 11 is 0. The Bertz CT molecular complexity index is 805. The Kier molecular flexibility index (Phi) is 6.26. The van der Waals surface area contributed by atoms with Crippen molar-refractivity contribution in [2.75, 3.05) is 0 Å². The number of amides is 1. The van der Waals surface area contributed by atoms with E-state index in [1.165, 1.54) is 0 Å². The van der Waals surface area contributed by atoms with Gasteiger partial charge in [0.2, 0.25) is 5.91 Å². The smallest absolute Gasteiger partial charge is 0.232 e. The van der Waals surface area contributed by atoms with Gasteiger partial charge in [-0.25, -0.2) is 0 Å². The molecular formula is C24H25NO2. The van der Waals surface area contributed by atoms with Crippen molar-refractivity contribution in [1.29, 1.82) is 0 Å². The molecule has 0 aromatic heterocycles. The van der Waals surface area contributed by atoms with Gasteiger partial charge in [-0.3, -0.25) is 4.79 Å². The lowest BCUT2D eigenvalue weighted by Crippen LogP contribution is -2.37. The molecule has 0 saturated carbocycles. The van der Waals surface area contributed by atoms with Crippen LogP contribution in [0.15, 0.2) is 84.9 Å². The first-order valence-electron chi connectivity index (χ1n) is 9.31. The molecule has 3 aromatic carbocycles. The molecule has 138 valence electrons. The van der Waals surface area contributed by atoms with E-state index in [0.717, 1.165) is 29.5 Å². The van der Waals surface area contributed by atoms with E-state index in [9.17, 15) is 9.90 Å². The van der Waals surface area contributed by atoms with Crippen LogP contribution < -0.4 is 5.32 Å². The van der Waals surface area contributed by atoms with E-state index in [0.29, 0.717) is 0 Å². The molecule has 27 heavy (non-hydrogen) atoms. The van der Waals surface area contributed by atoms with Crippen LogP contribution in [0.1, 0.15) is 36.0 Å². The average Bonchev–Trinajstić information content (AvgIpc) is 2.69. The third-order valence-corrected chi connectivity index (χ3v) is 4.72. The monoisotopic (exact) mass is 359 g/mol. The molecule has 3 rings (SSSR count). The van der Waals surface area contributed by atoms with Gasteiger partial charge in [-0.05, 0) is 48.6 Å². The lowest BCUT2D eigenvalue weighted by atomic mass is 9.90. The Labute approximate surface area is 160 Å². The van der Waals surface area contributed by atoms with Crippen molar-refractivity contribution in [3.63, 3.8) is 0 Å². The Morgan fingerprint density at radius 1 is 0.852 bits per heavy atom. The van der Waals surface area contributed by atoms with Gasteiger partial charge < -0.3 is 10.4 Å². The number of hydrogen-bond acceptors (Lipinski definition) is 2. The first-order valence-corrected chi connectivity index (χ1v) is 9.31. The fourth-order valence-corrected chi connectivity index (χ4v) is 3.23. The number of hydrogen-bond donors (Lipinski definition) is 2. The minimum absolute atomic E-state index is 0.0191. The maximum atomic E-state index is 13.1. The number of phenols is 1. The molecule has 0 aliphatic heterocycles. The summed E-state index contributed by atoms with van der Waals surface area (Å²) in [6.07, 6.45) is 1.69. The second kappa shape index (κ2) is 9.04. The Morgan fingerprint density at radius 3 is 1.89 bits per heavy atom. The van der Waals surface area contributed by atoms with E-state index in [2.05, 4.69) is 5.32 Å². The number of rotatable bonds is 7. The molecule has 1 atom stereocenters. The van der Waals surface area contributed by atoms with Gasteiger partial charge in [0.25, 0.3) is 0 Å². The summed E-state index contributed by atoms with van der Waals surface area (Å²) in [7, 11) is 0. The van der Waals surface area contributed by atoms with Crippen LogP contribution in [0.4, 0.5) is 0 Å². The molecule has 0 bridgehead atoms. The normalized spacial score (nSPS) is 11.9. The van der Waals surface area contributed by atoms with Crippen molar-refractivity contribution in [2.24, 2.45) is 0 Å². The lowest BCUT2D eigenvalue weighted by Gasteiger charge is -2.21. The maximum Gasteiger partial charge on any atom is 0.232 e. The van der Waals surface area contributed by atoms with E-state index in [1.54, 1.807) is 12.1 Å². The summed E-state index contributed by atoms with van der Waals surface area (Å²) in [6, 6.07) is 27.1. The van der Waals surface area contributed by atoms with Crippen molar-refractivity contribution in [3.8, 4) is 5.75 Å². The number of carbonyl (C=O) groups is 1. The van der Waals surface area contributed by atoms with E-state index in [4.69, 9.17) is 0 Å². The quantitative estimate of drug-likeness (QED) is 0.644. The van der Waals surface area contributed by atoms with Crippen molar-refractivity contribution in [3.05, 3.63) is 102 Å². The van der Waals surface area contributed by atoms with Crippen LogP contribution in [0.2, 0.25) is 0 Å². The first kappa shape index (κ1) is 18.7. The first-order chi connectivity index (χ1) is 13.1. The van der Waals surface area contributed by atoms with Gasteiger partial charge in [-0.15, -0.1) is 0 Å². The molecule has 0 spiro atoms. The minimum Gasteiger partial charge on any atom is -0.508 e. The molecule has 0 fully saturated rings. The fraction of sp³-hybridized carbons (Fsp3) is 0.208. The largest absolute Gasteiger partial charge is 0.508 e. The predicted molar refractivity (Wildman–Crippen MR) is 109 cm³/mol. The van der Waals surface area contributed by atoms with Crippen LogP contribution in [0.3, 0.4) is 0 Å². The van der Waals surface area contributed by atoms with E-state index in [1.807, 2.05) is 79.7 Å². The number of phenolic OH excluding ortho intramolecular Hbond substituents is 1. The molecule has 0 heterocycles. The lowest BCUT2D eigenvalue weighted by molar-refractivity contribution is -0.122. The third-order valence-electron chi connectivity index (χ3n) is 4.72. The summed E-state index contributed by atoms with van der Waals surface area (Å²) < 4.78 is 0. The highest BCUT2D eigenvalue weighted by Gasteiger charge is 2.23. The molecule has 3 aromatic rings. The molecule has 3 nitrogen and oxygen atoms in total. The number of nitrogens with one attached hydrogen (secondary N) is 1. The highest BCUT2D eigenvalue weighted by atomic mass is 16.3. The Hall–Kier alpha value is -3.07. The molecule has 0 aliphatic carbocycles. The van der Waals surface area contributed by atoms with Gasteiger partial charge in [-0.1, -0.05) is 72.8 Å². The predicted octanol–water partition coefficient (Wildman–Crippen LogP) is 4.66. The number of aryl methyl sites for hydroxylation is 1. The highest BCUT2D eigenvalue weighted by molar-refractivity contribution is 5.87. The summed E-state index contributed by atoms with van der Waals surface area (Å²) in [5.41, 5.74) is 3.13. The van der Waals surface area contributed by atoms with Crippen LogP contribution in [-0.2, 0) is 11.2 Å². The zero-order valence-electron chi connectivity index (χ0n) is 15.5. The Morgan fingerprint density at radius 2 is 1.37 bits per heavy atom. The van der Waals surface area contributed by atoms with Gasteiger partial charge in [-0.2, -0.15) is 0 Å². The standard InChI is InChI=1S/C24H25NO2/c1-18(12-13-19-14-16-22(26)17-15-19)25-24(27)23(20-8-4-2-5-9-20)21-10-6-3-7-11-21/h2-11,14-18,23,26H,12-13H2,1H3,(H,25,27). The molecular weight excluding hydrogens is 334 g/mol. The van der Waals surface area contributed by atoms with Gasteiger partial charge in [0.15, 0.2) is 0 Å². The summed E-state index contributed by atoms with van der Waals surface area (Å²) in [6.45, 7) is 2.03. The Balaban J connectivity index is 1.68. The van der Waals surface area contributed by atoms with Crippen LogP contribution in [-0.4, -0.2) is 17.1 Å². The second-order valence-corrected chi connectivity index (χ2v) is 6.87. The SMILES string of the molecule is CC(CCc1ccc(O)cc1)NC(=O)C(c1ccccc1)c1ccccc1. The maximum absolute atomic E-state index is 13.1. The average molecular weight is 359 g/mol. The molecule has 2 N–H and O–H groups in total. The van der Waals surface area contributed by atoms with Gasteiger partial charge in [0.05, 0.1) is 5.92 Å². The van der Waals surface area contributed by atoms with Crippen LogP contribution in [0.25, 0.3) is 0 Å². The van der Waals surface area contributed by atoms with Crippen molar-refractivity contribution in [2.45, 2.75) is 31.7 Å². The molecule has 0 radical (unpaired) electrons. The summed E-state index contributed by atoms with van der Waals surface area (Å²) in [5.74, 6) is -0.0252. The van der Waals surface area contributed by atoms with Crippen molar-refractivity contribution in [1.82, 2.24) is 5.32 Å². The minimum atomic E-state index is -0.316. The molecule has 0 saturated heterocycles.